The third kappa shape index (κ3) is 2.92. The Hall–Kier alpha value is -1.89. The van der Waals surface area contributed by atoms with E-state index in [1.54, 1.807) is 16.7 Å². The second-order valence-electron chi connectivity index (χ2n) is 5.49. The van der Waals surface area contributed by atoms with E-state index in [-0.39, 0.29) is 17.1 Å². The predicted molar refractivity (Wildman–Crippen MR) is 77.2 cm³/mol. The van der Waals surface area contributed by atoms with Crippen LogP contribution in [-0.4, -0.2) is 40.4 Å². The Morgan fingerprint density at radius 2 is 2.10 bits per heavy atom. The number of imidazole rings is 1. The third-order valence-electron chi connectivity index (χ3n) is 3.94. The maximum absolute atomic E-state index is 11.4. The van der Waals surface area contributed by atoms with Crippen molar-refractivity contribution < 1.29 is 18.3 Å². The van der Waals surface area contributed by atoms with Crippen LogP contribution in [0.4, 0.5) is 0 Å². The maximum Gasteiger partial charge on any atom is 0.339 e. The standard InChI is InChI=1S/C14H16N2O4S/c17-14(18)12-2-1-5-16-9-11(15-13(12)16)8-10-3-6-21(19,20)7-4-10/h1-2,5,9-10H,3-4,6-8H2,(H,17,18). The summed E-state index contributed by atoms with van der Waals surface area (Å²) in [4.78, 5) is 15.6. The topological polar surface area (TPSA) is 88.7 Å². The SMILES string of the molecule is O=C(O)c1cccn2cc(CC3CCS(=O)(=O)CC3)nc12. The van der Waals surface area contributed by atoms with E-state index in [9.17, 15) is 13.2 Å². The molecule has 0 aromatic carbocycles. The smallest absolute Gasteiger partial charge is 0.339 e. The minimum atomic E-state index is -2.85. The summed E-state index contributed by atoms with van der Waals surface area (Å²) < 4.78 is 24.6. The molecule has 112 valence electrons. The highest BCUT2D eigenvalue weighted by atomic mass is 32.2. The fourth-order valence-electron chi connectivity index (χ4n) is 2.77. The van der Waals surface area contributed by atoms with Gasteiger partial charge >= 0.3 is 5.97 Å². The molecule has 1 aliphatic heterocycles. The van der Waals surface area contributed by atoms with Crippen LogP contribution >= 0.6 is 0 Å². The van der Waals surface area contributed by atoms with Crippen molar-refractivity contribution in [1.82, 2.24) is 9.38 Å². The Morgan fingerprint density at radius 1 is 1.38 bits per heavy atom. The van der Waals surface area contributed by atoms with Crippen molar-refractivity contribution in [3.63, 3.8) is 0 Å². The van der Waals surface area contributed by atoms with Crippen LogP contribution in [0.15, 0.2) is 24.5 Å². The lowest BCUT2D eigenvalue weighted by atomic mass is 9.97. The number of carbonyl (C=O) groups is 1. The molecule has 0 aliphatic carbocycles. The van der Waals surface area contributed by atoms with Crippen molar-refractivity contribution in [2.75, 3.05) is 11.5 Å². The van der Waals surface area contributed by atoms with Crippen molar-refractivity contribution in [2.24, 2.45) is 5.92 Å². The Balaban J connectivity index is 1.82. The molecular weight excluding hydrogens is 292 g/mol. The lowest BCUT2D eigenvalue weighted by Gasteiger charge is -2.20. The van der Waals surface area contributed by atoms with Crippen LogP contribution in [0.5, 0.6) is 0 Å². The van der Waals surface area contributed by atoms with E-state index in [1.807, 2.05) is 6.20 Å². The number of aromatic carboxylic acids is 1. The van der Waals surface area contributed by atoms with E-state index in [0.717, 1.165) is 5.69 Å². The number of pyridine rings is 1. The number of carboxylic acids is 1. The molecule has 6 nitrogen and oxygen atoms in total. The molecule has 2 aromatic rings. The first-order valence-electron chi connectivity index (χ1n) is 6.85. The van der Waals surface area contributed by atoms with E-state index in [2.05, 4.69) is 4.98 Å². The molecule has 21 heavy (non-hydrogen) atoms. The van der Waals surface area contributed by atoms with Crippen molar-refractivity contribution in [3.05, 3.63) is 35.8 Å². The van der Waals surface area contributed by atoms with Crippen LogP contribution in [-0.2, 0) is 16.3 Å². The van der Waals surface area contributed by atoms with Crippen molar-refractivity contribution in [3.8, 4) is 0 Å². The van der Waals surface area contributed by atoms with Gasteiger partial charge in [0.05, 0.1) is 17.2 Å². The fourth-order valence-corrected chi connectivity index (χ4v) is 4.36. The average molecular weight is 308 g/mol. The largest absolute Gasteiger partial charge is 0.478 e. The summed E-state index contributed by atoms with van der Waals surface area (Å²) in [7, 11) is -2.85. The van der Waals surface area contributed by atoms with Gasteiger partial charge in [0.25, 0.3) is 0 Å². The summed E-state index contributed by atoms with van der Waals surface area (Å²) in [6, 6.07) is 3.21. The molecule has 3 rings (SSSR count). The number of hydrogen-bond acceptors (Lipinski definition) is 4. The molecule has 0 saturated carbocycles. The second kappa shape index (κ2) is 5.14. The van der Waals surface area contributed by atoms with Crippen LogP contribution in [0.2, 0.25) is 0 Å². The Bertz CT molecular complexity index is 780. The van der Waals surface area contributed by atoms with Gasteiger partial charge in [0.15, 0.2) is 5.65 Å². The van der Waals surface area contributed by atoms with E-state index in [4.69, 9.17) is 5.11 Å². The Labute approximate surface area is 122 Å². The second-order valence-corrected chi connectivity index (χ2v) is 7.79. The summed E-state index contributed by atoms with van der Waals surface area (Å²) in [5.74, 6) is -0.218. The molecule has 3 heterocycles. The summed E-state index contributed by atoms with van der Waals surface area (Å²) in [5, 5.41) is 9.15. The summed E-state index contributed by atoms with van der Waals surface area (Å²) in [6.07, 6.45) is 5.59. The number of nitrogens with zero attached hydrogens (tertiary/aromatic N) is 2. The van der Waals surface area contributed by atoms with Gasteiger partial charge in [-0.25, -0.2) is 18.2 Å². The van der Waals surface area contributed by atoms with Crippen LogP contribution in [0, 0.1) is 5.92 Å². The summed E-state index contributed by atoms with van der Waals surface area (Å²) in [5.41, 5.74) is 1.42. The lowest BCUT2D eigenvalue weighted by Crippen LogP contribution is -2.24. The van der Waals surface area contributed by atoms with Crippen LogP contribution in [0.1, 0.15) is 28.9 Å². The molecule has 1 aliphatic rings. The monoisotopic (exact) mass is 308 g/mol. The predicted octanol–water partition coefficient (Wildman–Crippen LogP) is 1.40. The first kappa shape index (κ1) is 14.1. The highest BCUT2D eigenvalue weighted by Crippen LogP contribution is 2.23. The highest BCUT2D eigenvalue weighted by Gasteiger charge is 2.24. The van der Waals surface area contributed by atoms with Crippen LogP contribution in [0.25, 0.3) is 5.65 Å². The van der Waals surface area contributed by atoms with Crippen LogP contribution in [0.3, 0.4) is 0 Å². The average Bonchev–Trinajstić information content (AvgIpc) is 2.83. The Kier molecular flexibility index (Phi) is 3.44. The normalized spacial score (nSPS) is 18.9. The van der Waals surface area contributed by atoms with Gasteiger partial charge in [0.1, 0.15) is 15.4 Å². The maximum atomic E-state index is 11.4. The van der Waals surface area contributed by atoms with Gasteiger partial charge in [0.2, 0.25) is 0 Å². The minimum absolute atomic E-state index is 0.176. The molecule has 1 fully saturated rings. The molecule has 2 aromatic heterocycles. The molecule has 7 heteroatoms. The minimum Gasteiger partial charge on any atom is -0.478 e. The van der Waals surface area contributed by atoms with Crippen molar-refractivity contribution in [2.45, 2.75) is 19.3 Å². The van der Waals surface area contributed by atoms with E-state index >= 15 is 0 Å². The molecule has 0 atom stereocenters. The van der Waals surface area contributed by atoms with Crippen molar-refractivity contribution in [1.29, 1.82) is 0 Å². The molecular formula is C14H16N2O4S. The molecule has 1 N–H and O–H groups in total. The fraction of sp³-hybridized carbons (Fsp3) is 0.429. The number of sulfone groups is 1. The quantitative estimate of drug-likeness (QED) is 0.926. The van der Waals surface area contributed by atoms with E-state index < -0.39 is 15.8 Å². The zero-order valence-electron chi connectivity index (χ0n) is 11.4. The number of carboxylic acid groups (broad SMARTS) is 1. The molecule has 0 spiro atoms. The van der Waals surface area contributed by atoms with Gasteiger partial charge in [-0.15, -0.1) is 0 Å². The number of rotatable bonds is 3. The first-order valence-corrected chi connectivity index (χ1v) is 8.67. The lowest BCUT2D eigenvalue weighted by molar-refractivity contribution is 0.0698. The van der Waals surface area contributed by atoms with E-state index in [0.29, 0.717) is 30.8 Å². The molecule has 0 amide bonds. The molecule has 0 bridgehead atoms. The zero-order chi connectivity index (χ0) is 15.0. The molecule has 0 unspecified atom stereocenters. The number of fused-ring (bicyclic) bond motifs is 1. The first-order chi connectivity index (χ1) is 9.94. The molecule has 1 saturated heterocycles. The summed E-state index contributed by atoms with van der Waals surface area (Å²) in [6.45, 7) is 0. The van der Waals surface area contributed by atoms with Gasteiger partial charge in [-0.2, -0.15) is 0 Å². The van der Waals surface area contributed by atoms with Gasteiger partial charge in [-0.05, 0) is 37.3 Å². The molecule has 0 radical (unpaired) electrons. The summed E-state index contributed by atoms with van der Waals surface area (Å²) >= 11 is 0. The van der Waals surface area contributed by atoms with Crippen LogP contribution < -0.4 is 0 Å². The highest BCUT2D eigenvalue weighted by molar-refractivity contribution is 7.91. The van der Waals surface area contributed by atoms with E-state index in [1.165, 1.54) is 6.07 Å². The number of hydrogen-bond donors (Lipinski definition) is 1. The van der Waals surface area contributed by atoms with Crippen molar-refractivity contribution >= 4 is 21.5 Å². The third-order valence-corrected chi connectivity index (χ3v) is 5.65. The number of aromatic nitrogens is 2. The van der Waals surface area contributed by atoms with Gasteiger partial charge in [-0.3, -0.25) is 0 Å². The van der Waals surface area contributed by atoms with Gasteiger partial charge in [0, 0.05) is 12.4 Å². The zero-order valence-corrected chi connectivity index (χ0v) is 12.2. The Morgan fingerprint density at radius 3 is 2.76 bits per heavy atom. The van der Waals surface area contributed by atoms with Gasteiger partial charge in [-0.1, -0.05) is 0 Å². The van der Waals surface area contributed by atoms with Gasteiger partial charge < -0.3 is 9.51 Å².